The monoisotopic (exact) mass is 333 g/mol. The fourth-order valence-corrected chi connectivity index (χ4v) is 3.49. The number of nitrogens with one attached hydrogen (secondary N) is 1. The maximum absolute atomic E-state index is 12.9. The van der Waals surface area contributed by atoms with Gasteiger partial charge in [0, 0.05) is 13.1 Å². The number of aromatic nitrogens is 2. The summed E-state index contributed by atoms with van der Waals surface area (Å²) in [5.74, 6) is 0.358. The number of hydrogen-bond acceptors (Lipinski definition) is 3. The summed E-state index contributed by atoms with van der Waals surface area (Å²) in [6.07, 6.45) is 0. The Bertz CT molecular complexity index is 934. The van der Waals surface area contributed by atoms with Crippen molar-refractivity contribution < 1.29 is 12.8 Å². The second-order valence-corrected chi connectivity index (χ2v) is 6.92. The molecule has 7 heteroatoms. The molecule has 1 heterocycles. The van der Waals surface area contributed by atoms with Crippen LogP contribution in [0.2, 0.25) is 0 Å². The summed E-state index contributed by atoms with van der Waals surface area (Å²) in [6, 6.07) is 12.4. The Kier molecular flexibility index (Phi) is 4.14. The van der Waals surface area contributed by atoms with Gasteiger partial charge in [0.05, 0.1) is 15.9 Å². The molecule has 1 N–H and O–H groups in total. The molecule has 1 aromatic heterocycles. The number of imidazole rings is 1. The van der Waals surface area contributed by atoms with Crippen molar-refractivity contribution in [2.24, 2.45) is 0 Å². The van der Waals surface area contributed by atoms with E-state index in [9.17, 15) is 12.8 Å². The maximum atomic E-state index is 12.9. The molecule has 0 amide bonds. The van der Waals surface area contributed by atoms with E-state index in [4.69, 9.17) is 0 Å². The zero-order valence-corrected chi connectivity index (χ0v) is 13.3. The molecule has 0 aliphatic rings. The first-order valence-electron chi connectivity index (χ1n) is 7.14. The lowest BCUT2D eigenvalue weighted by molar-refractivity contribution is 0.572. The van der Waals surface area contributed by atoms with E-state index in [0.29, 0.717) is 6.54 Å². The Morgan fingerprint density at radius 1 is 1.13 bits per heavy atom. The van der Waals surface area contributed by atoms with Crippen molar-refractivity contribution in [1.29, 1.82) is 0 Å². The molecule has 0 atom stereocenters. The lowest BCUT2D eigenvalue weighted by atomic mass is 10.3. The molecular formula is C16H16FN3O2S. The van der Waals surface area contributed by atoms with Gasteiger partial charge in [0.25, 0.3) is 0 Å². The first kappa shape index (κ1) is 15.6. The Morgan fingerprint density at radius 2 is 1.83 bits per heavy atom. The van der Waals surface area contributed by atoms with Crippen LogP contribution in [0.3, 0.4) is 0 Å². The van der Waals surface area contributed by atoms with Crippen LogP contribution in [0, 0.1) is 12.7 Å². The molecular weight excluding hydrogens is 317 g/mol. The van der Waals surface area contributed by atoms with Crippen LogP contribution in [0.15, 0.2) is 53.4 Å². The smallest absolute Gasteiger partial charge is 0.240 e. The lowest BCUT2D eigenvalue weighted by Gasteiger charge is -2.09. The van der Waals surface area contributed by atoms with Gasteiger partial charge in [-0.1, -0.05) is 12.1 Å². The minimum absolute atomic E-state index is 0.0473. The van der Waals surface area contributed by atoms with Gasteiger partial charge in [-0.05, 0) is 43.3 Å². The van der Waals surface area contributed by atoms with Crippen molar-refractivity contribution in [3.63, 3.8) is 0 Å². The molecule has 0 bridgehead atoms. The van der Waals surface area contributed by atoms with E-state index in [1.54, 1.807) is 0 Å². The van der Waals surface area contributed by atoms with Gasteiger partial charge in [0.15, 0.2) is 0 Å². The normalized spacial score (nSPS) is 11.9. The minimum atomic E-state index is -3.65. The summed E-state index contributed by atoms with van der Waals surface area (Å²) < 4.78 is 41.7. The van der Waals surface area contributed by atoms with Crippen molar-refractivity contribution in [3.05, 3.63) is 60.2 Å². The predicted octanol–water partition coefficient (Wildman–Crippen LogP) is 2.46. The van der Waals surface area contributed by atoms with Crippen LogP contribution < -0.4 is 4.72 Å². The summed E-state index contributed by atoms with van der Waals surface area (Å²) in [5.41, 5.74) is 1.84. The number of halogens is 1. The quantitative estimate of drug-likeness (QED) is 0.780. The van der Waals surface area contributed by atoms with Gasteiger partial charge < -0.3 is 4.57 Å². The number of fused-ring (bicyclic) bond motifs is 1. The van der Waals surface area contributed by atoms with Crippen molar-refractivity contribution in [2.75, 3.05) is 6.54 Å². The number of para-hydroxylation sites is 2. The molecule has 2 aromatic carbocycles. The average molecular weight is 333 g/mol. The second-order valence-electron chi connectivity index (χ2n) is 5.15. The van der Waals surface area contributed by atoms with E-state index in [0.717, 1.165) is 29.0 Å². The fraction of sp³-hybridized carbons (Fsp3) is 0.188. The highest BCUT2D eigenvalue weighted by Crippen LogP contribution is 2.15. The Balaban J connectivity index is 1.73. The number of rotatable bonds is 5. The van der Waals surface area contributed by atoms with Crippen LogP contribution in [0.1, 0.15) is 5.82 Å². The fourth-order valence-electron chi connectivity index (χ4n) is 2.47. The maximum Gasteiger partial charge on any atom is 0.240 e. The van der Waals surface area contributed by atoms with Crippen LogP contribution in [0.25, 0.3) is 11.0 Å². The standard InChI is InChI=1S/C16H16FN3O2S/c1-12-19-15-4-2-3-5-16(15)20(12)11-10-18-23(21,22)14-8-6-13(17)7-9-14/h2-9,18H,10-11H2,1H3. The van der Waals surface area contributed by atoms with E-state index in [1.807, 2.05) is 35.8 Å². The topological polar surface area (TPSA) is 64.0 Å². The summed E-state index contributed by atoms with van der Waals surface area (Å²) in [5, 5.41) is 0. The molecule has 0 fully saturated rings. The van der Waals surface area contributed by atoms with Gasteiger partial charge in [0.1, 0.15) is 11.6 Å². The van der Waals surface area contributed by atoms with E-state index in [2.05, 4.69) is 9.71 Å². The van der Waals surface area contributed by atoms with E-state index >= 15 is 0 Å². The molecule has 3 rings (SSSR count). The summed E-state index contributed by atoms with van der Waals surface area (Å²) in [6.45, 7) is 2.57. The zero-order valence-electron chi connectivity index (χ0n) is 12.5. The molecule has 3 aromatic rings. The third-order valence-corrected chi connectivity index (χ3v) is 5.07. The number of hydrogen-bond donors (Lipinski definition) is 1. The SMILES string of the molecule is Cc1nc2ccccc2n1CCNS(=O)(=O)c1ccc(F)cc1. The van der Waals surface area contributed by atoms with Gasteiger partial charge >= 0.3 is 0 Å². The Hall–Kier alpha value is -2.25. The highest BCUT2D eigenvalue weighted by Gasteiger charge is 2.14. The number of sulfonamides is 1. The largest absolute Gasteiger partial charge is 0.327 e. The van der Waals surface area contributed by atoms with E-state index in [-0.39, 0.29) is 11.4 Å². The number of aryl methyl sites for hydroxylation is 1. The van der Waals surface area contributed by atoms with Crippen molar-refractivity contribution in [1.82, 2.24) is 14.3 Å². The van der Waals surface area contributed by atoms with Gasteiger partial charge in [-0.2, -0.15) is 0 Å². The highest BCUT2D eigenvalue weighted by atomic mass is 32.2. The highest BCUT2D eigenvalue weighted by molar-refractivity contribution is 7.89. The third kappa shape index (κ3) is 3.25. The molecule has 120 valence electrons. The molecule has 5 nitrogen and oxygen atoms in total. The molecule has 0 radical (unpaired) electrons. The van der Waals surface area contributed by atoms with Gasteiger partial charge in [-0.3, -0.25) is 0 Å². The molecule has 0 spiro atoms. The van der Waals surface area contributed by atoms with Crippen LogP contribution >= 0.6 is 0 Å². The van der Waals surface area contributed by atoms with Gasteiger partial charge in [-0.15, -0.1) is 0 Å². The Labute approximate surface area is 133 Å². The Morgan fingerprint density at radius 3 is 2.57 bits per heavy atom. The summed E-state index contributed by atoms with van der Waals surface area (Å²) >= 11 is 0. The summed E-state index contributed by atoms with van der Waals surface area (Å²) in [4.78, 5) is 4.49. The summed E-state index contributed by atoms with van der Waals surface area (Å²) in [7, 11) is -3.65. The molecule has 0 saturated carbocycles. The van der Waals surface area contributed by atoms with E-state index < -0.39 is 15.8 Å². The molecule has 0 aliphatic carbocycles. The minimum Gasteiger partial charge on any atom is -0.327 e. The number of benzene rings is 2. The van der Waals surface area contributed by atoms with Crippen LogP contribution in [0.5, 0.6) is 0 Å². The zero-order chi connectivity index (χ0) is 16.4. The molecule has 0 unspecified atom stereocenters. The van der Waals surface area contributed by atoms with Gasteiger partial charge in [-0.25, -0.2) is 22.5 Å². The van der Waals surface area contributed by atoms with Crippen LogP contribution in [-0.4, -0.2) is 24.5 Å². The molecule has 0 aliphatic heterocycles. The second kappa shape index (κ2) is 6.10. The van der Waals surface area contributed by atoms with E-state index in [1.165, 1.54) is 12.1 Å². The van der Waals surface area contributed by atoms with Crippen molar-refractivity contribution in [3.8, 4) is 0 Å². The molecule has 0 saturated heterocycles. The number of nitrogens with zero attached hydrogens (tertiary/aromatic N) is 2. The lowest BCUT2D eigenvalue weighted by Crippen LogP contribution is -2.27. The van der Waals surface area contributed by atoms with Crippen molar-refractivity contribution >= 4 is 21.1 Å². The third-order valence-electron chi connectivity index (χ3n) is 3.60. The van der Waals surface area contributed by atoms with Crippen LogP contribution in [-0.2, 0) is 16.6 Å². The first-order valence-corrected chi connectivity index (χ1v) is 8.63. The molecule has 23 heavy (non-hydrogen) atoms. The first-order chi connectivity index (χ1) is 11.0. The average Bonchev–Trinajstić information content (AvgIpc) is 2.84. The van der Waals surface area contributed by atoms with Gasteiger partial charge in [0.2, 0.25) is 10.0 Å². The van der Waals surface area contributed by atoms with Crippen LogP contribution in [0.4, 0.5) is 4.39 Å². The predicted molar refractivity (Wildman–Crippen MR) is 86.1 cm³/mol. The van der Waals surface area contributed by atoms with Crippen molar-refractivity contribution in [2.45, 2.75) is 18.4 Å².